The number of rotatable bonds is 2. The van der Waals surface area contributed by atoms with E-state index in [9.17, 15) is 0 Å². The Kier molecular flexibility index (Phi) is 3.40. The standard InChI is InChI=1S/C23H21BNO3/c1-3-10-18(11-4-1)23(19-12-5-2-6-13-19)22-16-9-17-25(22)24(28-23)26-20-14-7-8-15-21(20)27-24/h1-8,10-15,22H,9,16-17H2/q-1/t22-/m0/s1. The lowest BCUT2D eigenvalue weighted by Gasteiger charge is -2.40. The van der Waals surface area contributed by atoms with Crippen LogP contribution >= 0.6 is 0 Å². The lowest BCUT2D eigenvalue weighted by atomic mass is 9.79. The molecule has 0 unspecified atom stereocenters. The van der Waals surface area contributed by atoms with Gasteiger partial charge in [-0.3, -0.25) is 0 Å². The van der Waals surface area contributed by atoms with Crippen molar-refractivity contribution in [2.24, 2.45) is 0 Å². The zero-order chi connectivity index (χ0) is 18.6. The molecule has 3 aromatic carbocycles. The number of benzene rings is 3. The summed E-state index contributed by atoms with van der Waals surface area (Å²) in [7, 11) is 0. The van der Waals surface area contributed by atoms with Gasteiger partial charge in [0, 0.05) is 6.04 Å². The van der Waals surface area contributed by atoms with Crippen LogP contribution in [-0.4, -0.2) is 24.3 Å². The molecule has 0 aromatic heterocycles. The Labute approximate surface area is 164 Å². The van der Waals surface area contributed by atoms with E-state index >= 15 is 0 Å². The quantitative estimate of drug-likeness (QED) is 0.629. The highest BCUT2D eigenvalue weighted by Gasteiger charge is 2.65. The van der Waals surface area contributed by atoms with Crippen molar-refractivity contribution in [1.82, 2.24) is 4.81 Å². The Morgan fingerprint density at radius 3 is 1.86 bits per heavy atom. The smallest absolute Gasteiger partial charge is 0.582 e. The van der Waals surface area contributed by atoms with Gasteiger partial charge >= 0.3 is 6.89 Å². The molecular formula is C23H21BNO3-. The molecular weight excluding hydrogens is 349 g/mol. The van der Waals surface area contributed by atoms with Crippen LogP contribution < -0.4 is 9.31 Å². The van der Waals surface area contributed by atoms with Gasteiger partial charge in [0.15, 0.2) is 0 Å². The molecule has 28 heavy (non-hydrogen) atoms. The molecule has 1 spiro atoms. The summed E-state index contributed by atoms with van der Waals surface area (Å²) in [5.41, 5.74) is 1.65. The molecule has 0 saturated carbocycles. The fourth-order valence-corrected chi connectivity index (χ4v) is 5.22. The summed E-state index contributed by atoms with van der Waals surface area (Å²) in [6.07, 6.45) is 2.14. The molecule has 6 rings (SSSR count). The van der Waals surface area contributed by atoms with E-state index in [0.717, 1.165) is 42.0 Å². The van der Waals surface area contributed by atoms with E-state index in [1.807, 2.05) is 36.4 Å². The molecule has 2 saturated heterocycles. The summed E-state index contributed by atoms with van der Waals surface area (Å²) in [5.74, 6) is 1.51. The van der Waals surface area contributed by atoms with Crippen LogP contribution in [0, 0.1) is 0 Å². The second kappa shape index (κ2) is 5.87. The van der Waals surface area contributed by atoms with Crippen LogP contribution in [0.1, 0.15) is 24.0 Å². The van der Waals surface area contributed by atoms with E-state index in [0.29, 0.717) is 0 Å². The third kappa shape index (κ3) is 2.09. The van der Waals surface area contributed by atoms with Crippen LogP contribution in [-0.2, 0) is 10.3 Å². The van der Waals surface area contributed by atoms with Gasteiger partial charge in [-0.1, -0.05) is 72.8 Å². The van der Waals surface area contributed by atoms with Gasteiger partial charge in [0.2, 0.25) is 0 Å². The van der Waals surface area contributed by atoms with E-state index < -0.39 is 12.5 Å². The van der Waals surface area contributed by atoms with E-state index in [1.165, 1.54) is 0 Å². The van der Waals surface area contributed by atoms with Crippen molar-refractivity contribution in [1.29, 1.82) is 0 Å². The molecule has 3 aliphatic rings. The molecule has 0 amide bonds. The van der Waals surface area contributed by atoms with Crippen LogP contribution in [0.5, 0.6) is 11.5 Å². The molecule has 0 N–H and O–H groups in total. The zero-order valence-corrected chi connectivity index (χ0v) is 15.5. The van der Waals surface area contributed by atoms with Gasteiger partial charge < -0.3 is 18.8 Å². The van der Waals surface area contributed by atoms with Crippen molar-refractivity contribution in [3.05, 3.63) is 96.1 Å². The number of nitrogens with zero attached hydrogens (tertiary/aromatic N) is 1. The van der Waals surface area contributed by atoms with Gasteiger partial charge in [0.1, 0.15) is 11.5 Å². The fraction of sp³-hybridized carbons (Fsp3) is 0.217. The number of hydrogen-bond donors (Lipinski definition) is 0. The summed E-state index contributed by atoms with van der Waals surface area (Å²) in [6, 6.07) is 29.0. The van der Waals surface area contributed by atoms with Crippen molar-refractivity contribution in [2.75, 3.05) is 6.54 Å². The van der Waals surface area contributed by atoms with Crippen LogP contribution in [0.15, 0.2) is 84.9 Å². The summed E-state index contributed by atoms with van der Waals surface area (Å²) in [5, 5.41) is 0. The maximum atomic E-state index is 6.96. The first-order valence-corrected chi connectivity index (χ1v) is 10.00. The van der Waals surface area contributed by atoms with Crippen LogP contribution in [0.2, 0.25) is 0 Å². The molecule has 1 atom stereocenters. The van der Waals surface area contributed by atoms with E-state index in [1.54, 1.807) is 0 Å². The van der Waals surface area contributed by atoms with Gasteiger partial charge in [-0.05, 0) is 42.6 Å². The third-order valence-electron chi connectivity index (χ3n) is 6.31. The Morgan fingerprint density at radius 2 is 1.29 bits per heavy atom. The SMILES string of the molecule is c1ccc(C2(c3ccccc3)O[B-]3(Oc4ccccc4O3)N3CCC[C@H]32)cc1. The molecule has 4 nitrogen and oxygen atoms in total. The lowest BCUT2D eigenvalue weighted by molar-refractivity contribution is 0.0688. The normalized spacial score (nSPS) is 23.8. The molecule has 3 heterocycles. The summed E-state index contributed by atoms with van der Waals surface area (Å²) in [4.78, 5) is 2.32. The van der Waals surface area contributed by atoms with Gasteiger partial charge in [0.05, 0.1) is 5.60 Å². The number of para-hydroxylation sites is 2. The van der Waals surface area contributed by atoms with Crippen molar-refractivity contribution in [2.45, 2.75) is 24.5 Å². The zero-order valence-electron chi connectivity index (χ0n) is 15.5. The summed E-state index contributed by atoms with van der Waals surface area (Å²) >= 11 is 0. The summed E-state index contributed by atoms with van der Waals surface area (Å²) in [6.45, 7) is -1.15. The maximum absolute atomic E-state index is 6.96. The predicted octanol–water partition coefficient (Wildman–Crippen LogP) is 4.33. The second-order valence-corrected chi connectivity index (χ2v) is 7.77. The third-order valence-corrected chi connectivity index (χ3v) is 6.31. The minimum atomic E-state index is -2.06. The number of fused-ring (bicyclic) bond motifs is 3. The average molecular weight is 370 g/mol. The van der Waals surface area contributed by atoms with Crippen LogP contribution in [0.25, 0.3) is 0 Å². The average Bonchev–Trinajstić information content (AvgIpc) is 3.44. The molecule has 2 fully saturated rings. The minimum absolute atomic E-state index is 0.159. The molecule has 140 valence electrons. The van der Waals surface area contributed by atoms with Gasteiger partial charge in [-0.2, -0.15) is 0 Å². The summed E-state index contributed by atoms with van der Waals surface area (Å²) < 4.78 is 19.8. The van der Waals surface area contributed by atoms with Crippen molar-refractivity contribution in [3.8, 4) is 11.5 Å². The molecule has 3 aromatic rings. The van der Waals surface area contributed by atoms with E-state index in [-0.39, 0.29) is 6.04 Å². The molecule has 0 aliphatic carbocycles. The largest absolute Gasteiger partial charge is 0.643 e. The Hall–Kier alpha value is -2.76. The van der Waals surface area contributed by atoms with Crippen molar-refractivity contribution >= 4 is 6.89 Å². The van der Waals surface area contributed by atoms with E-state index in [2.05, 4.69) is 53.3 Å². The van der Waals surface area contributed by atoms with Gasteiger partial charge in [-0.25, -0.2) is 0 Å². The molecule has 3 aliphatic heterocycles. The van der Waals surface area contributed by atoms with Gasteiger partial charge in [0.25, 0.3) is 0 Å². The lowest BCUT2D eigenvalue weighted by Crippen LogP contribution is -2.59. The fourth-order valence-electron chi connectivity index (χ4n) is 5.22. The highest BCUT2D eigenvalue weighted by Crippen LogP contribution is 2.55. The molecule has 0 radical (unpaired) electrons. The first kappa shape index (κ1) is 16.2. The van der Waals surface area contributed by atoms with Gasteiger partial charge in [-0.15, -0.1) is 0 Å². The van der Waals surface area contributed by atoms with Crippen molar-refractivity contribution in [3.63, 3.8) is 0 Å². The Bertz CT molecular complexity index is 946. The highest BCUT2D eigenvalue weighted by atomic mass is 16.8. The first-order valence-electron chi connectivity index (χ1n) is 10.00. The highest BCUT2D eigenvalue weighted by molar-refractivity contribution is 6.61. The van der Waals surface area contributed by atoms with Crippen LogP contribution in [0.3, 0.4) is 0 Å². The minimum Gasteiger partial charge on any atom is -0.643 e. The van der Waals surface area contributed by atoms with Crippen LogP contribution in [0.4, 0.5) is 0 Å². The predicted molar refractivity (Wildman–Crippen MR) is 108 cm³/mol. The number of hydrogen-bond acceptors (Lipinski definition) is 4. The molecule has 5 heteroatoms. The van der Waals surface area contributed by atoms with Crippen molar-refractivity contribution < 1.29 is 14.0 Å². The Balaban J connectivity index is 1.55. The first-order chi connectivity index (χ1) is 13.8. The monoisotopic (exact) mass is 370 g/mol. The Morgan fingerprint density at radius 1 is 0.750 bits per heavy atom. The maximum Gasteiger partial charge on any atom is 0.582 e. The molecule has 0 bridgehead atoms. The van der Waals surface area contributed by atoms with E-state index in [4.69, 9.17) is 14.0 Å². The topological polar surface area (TPSA) is 30.9 Å². The second-order valence-electron chi connectivity index (χ2n) is 7.77.